The molecule has 0 radical (unpaired) electrons. The highest BCUT2D eigenvalue weighted by molar-refractivity contribution is 7.80. The molecule has 2 aromatic rings. The van der Waals surface area contributed by atoms with Gasteiger partial charge in [-0.1, -0.05) is 11.6 Å². The van der Waals surface area contributed by atoms with Gasteiger partial charge in [0.15, 0.2) is 0 Å². The van der Waals surface area contributed by atoms with E-state index < -0.39 is 6.09 Å². The molecule has 6 nitrogen and oxygen atoms in total. The highest BCUT2D eigenvalue weighted by Gasteiger charge is 2.34. The van der Waals surface area contributed by atoms with E-state index in [1.54, 1.807) is 23.1 Å². The van der Waals surface area contributed by atoms with Gasteiger partial charge in [-0.25, -0.2) is 4.79 Å². The lowest BCUT2D eigenvalue weighted by Gasteiger charge is -2.24. The smallest absolute Gasteiger partial charge is 0.414 e. The summed E-state index contributed by atoms with van der Waals surface area (Å²) in [6.07, 6.45) is -0.419. The summed E-state index contributed by atoms with van der Waals surface area (Å²) < 4.78 is 5.22. The van der Waals surface area contributed by atoms with Crippen LogP contribution >= 0.6 is 24.2 Å². The quantitative estimate of drug-likeness (QED) is 0.641. The molecule has 0 spiro atoms. The lowest BCUT2D eigenvalue weighted by atomic mass is 10.2. The summed E-state index contributed by atoms with van der Waals surface area (Å²) in [5.41, 5.74) is 2.22. The van der Waals surface area contributed by atoms with Crippen LogP contribution < -0.4 is 15.1 Å². The number of thiol groups is 1. The molecular weight excluding hydrogens is 410 g/mol. The van der Waals surface area contributed by atoms with Crippen LogP contribution in [-0.4, -0.2) is 44.3 Å². The van der Waals surface area contributed by atoms with Crippen LogP contribution in [0.2, 0.25) is 5.02 Å². The molecule has 2 aromatic carbocycles. The average molecular weight is 434 g/mol. The molecule has 1 unspecified atom stereocenters. The van der Waals surface area contributed by atoms with Crippen LogP contribution in [0.15, 0.2) is 47.4 Å². The van der Waals surface area contributed by atoms with E-state index in [2.05, 4.69) is 36.7 Å². The van der Waals surface area contributed by atoms with E-state index in [1.165, 1.54) is 0 Å². The lowest BCUT2D eigenvalue weighted by molar-refractivity contribution is 0.0947. The molecule has 29 heavy (non-hydrogen) atoms. The van der Waals surface area contributed by atoms with E-state index in [1.807, 2.05) is 24.3 Å². The molecule has 1 N–H and O–H groups in total. The number of halogens is 1. The van der Waals surface area contributed by atoms with Crippen molar-refractivity contribution in [1.29, 1.82) is 0 Å². The van der Waals surface area contributed by atoms with Crippen LogP contribution in [0.4, 0.5) is 16.2 Å². The van der Waals surface area contributed by atoms with Gasteiger partial charge >= 0.3 is 6.09 Å². The number of nitrogens with one attached hydrogen (secondary N) is 1. The fourth-order valence-electron chi connectivity index (χ4n) is 3.34. The van der Waals surface area contributed by atoms with Crippen LogP contribution in [0, 0.1) is 0 Å². The monoisotopic (exact) mass is 433 g/mol. The maximum Gasteiger partial charge on any atom is 0.414 e. The maximum atomic E-state index is 12.5. The molecule has 154 valence electrons. The molecular formula is C21H24ClN3O3S. The second-order valence-electron chi connectivity index (χ2n) is 6.66. The number of ether oxygens (including phenoxy) is 1. The third-order valence-corrected chi connectivity index (χ3v) is 5.54. The van der Waals surface area contributed by atoms with Gasteiger partial charge in [-0.05, 0) is 56.3 Å². The number of benzene rings is 2. The minimum atomic E-state index is -0.419. The van der Waals surface area contributed by atoms with E-state index >= 15 is 0 Å². The van der Waals surface area contributed by atoms with E-state index in [0.29, 0.717) is 15.5 Å². The third kappa shape index (κ3) is 4.79. The van der Waals surface area contributed by atoms with Crippen LogP contribution in [0.3, 0.4) is 0 Å². The van der Waals surface area contributed by atoms with E-state index in [4.69, 9.17) is 16.3 Å². The van der Waals surface area contributed by atoms with Crippen molar-refractivity contribution in [3.8, 4) is 0 Å². The number of cyclic esters (lactones) is 1. The zero-order valence-corrected chi connectivity index (χ0v) is 18.0. The molecule has 0 aromatic heterocycles. The number of rotatable bonds is 7. The van der Waals surface area contributed by atoms with Crippen LogP contribution in [0.5, 0.6) is 0 Å². The third-order valence-electron chi connectivity index (χ3n) is 4.92. The summed E-state index contributed by atoms with van der Waals surface area (Å²) in [6.45, 7) is 6.48. The van der Waals surface area contributed by atoms with Crippen LogP contribution in [-0.2, 0) is 4.74 Å². The van der Waals surface area contributed by atoms with Crippen LogP contribution in [0.1, 0.15) is 24.2 Å². The zero-order chi connectivity index (χ0) is 21.0. The van der Waals surface area contributed by atoms with Crippen molar-refractivity contribution in [3.05, 3.63) is 53.1 Å². The molecule has 0 saturated carbocycles. The van der Waals surface area contributed by atoms with Gasteiger partial charge in [0.2, 0.25) is 0 Å². The van der Waals surface area contributed by atoms with Gasteiger partial charge in [-0.2, -0.15) is 0 Å². The Bertz CT molecular complexity index is 887. The van der Waals surface area contributed by atoms with Crippen molar-refractivity contribution in [2.45, 2.75) is 24.8 Å². The van der Waals surface area contributed by atoms with Gasteiger partial charge in [0.25, 0.3) is 5.91 Å². The van der Waals surface area contributed by atoms with Crippen molar-refractivity contribution in [1.82, 2.24) is 5.32 Å². The van der Waals surface area contributed by atoms with Gasteiger partial charge in [0, 0.05) is 40.9 Å². The first-order valence-corrected chi connectivity index (χ1v) is 10.3. The minimum Gasteiger partial charge on any atom is -0.447 e. The van der Waals surface area contributed by atoms with Crippen molar-refractivity contribution in [2.75, 3.05) is 36.0 Å². The Balaban J connectivity index is 1.70. The normalized spacial score (nSPS) is 15.9. The Morgan fingerprint density at radius 3 is 2.59 bits per heavy atom. The summed E-state index contributed by atoms with van der Waals surface area (Å²) in [5, 5.41) is 3.31. The van der Waals surface area contributed by atoms with Gasteiger partial charge in [0.1, 0.15) is 6.61 Å². The Kier molecular flexibility index (Phi) is 6.92. The maximum absolute atomic E-state index is 12.5. The lowest BCUT2D eigenvalue weighted by Crippen LogP contribution is -2.43. The number of nitrogens with zero attached hydrogens (tertiary/aromatic N) is 2. The molecule has 1 aliphatic rings. The first-order chi connectivity index (χ1) is 13.9. The van der Waals surface area contributed by atoms with Gasteiger partial charge in [-0.3, -0.25) is 9.69 Å². The molecule has 8 heteroatoms. The van der Waals surface area contributed by atoms with Gasteiger partial charge < -0.3 is 15.0 Å². The molecule has 1 aliphatic heterocycles. The second kappa shape index (κ2) is 9.41. The summed E-state index contributed by atoms with van der Waals surface area (Å²) in [5.74, 6) is -0.298. The predicted octanol–water partition coefficient (Wildman–Crippen LogP) is 4.23. The number of amides is 2. The number of carbonyl (C=O) groups excluding carboxylic acids is 2. The molecule has 1 atom stereocenters. The predicted molar refractivity (Wildman–Crippen MR) is 119 cm³/mol. The molecule has 0 bridgehead atoms. The van der Waals surface area contributed by atoms with E-state index in [9.17, 15) is 9.59 Å². The average Bonchev–Trinajstić information content (AvgIpc) is 3.10. The SMILES string of the molecule is CCN(CC)c1ccc(N2C(=O)OCC2CNC(=O)c2cc(Cl)ccc2S)cc1. The first-order valence-electron chi connectivity index (χ1n) is 9.52. The summed E-state index contributed by atoms with van der Waals surface area (Å²) in [4.78, 5) is 29.1. The van der Waals surface area contributed by atoms with Crippen molar-refractivity contribution < 1.29 is 14.3 Å². The van der Waals surface area contributed by atoms with Gasteiger partial charge in [-0.15, -0.1) is 12.6 Å². The summed E-state index contributed by atoms with van der Waals surface area (Å²) in [7, 11) is 0. The first kappa shape index (κ1) is 21.3. The standard InChI is InChI=1S/C21H24ClN3O3S/c1-3-24(4-2)15-6-8-16(9-7-15)25-17(13-28-21(25)27)12-23-20(26)18-11-14(22)5-10-19(18)29/h5-11,17,29H,3-4,12-13H2,1-2H3,(H,23,26). The summed E-state index contributed by atoms with van der Waals surface area (Å²) >= 11 is 10.3. The Morgan fingerprint density at radius 2 is 1.93 bits per heavy atom. The second-order valence-corrected chi connectivity index (χ2v) is 7.58. The molecule has 1 fully saturated rings. The minimum absolute atomic E-state index is 0.209. The topological polar surface area (TPSA) is 61.9 Å². The molecule has 2 amide bonds. The highest BCUT2D eigenvalue weighted by atomic mass is 35.5. The largest absolute Gasteiger partial charge is 0.447 e. The van der Waals surface area contributed by atoms with E-state index in [0.717, 1.165) is 24.5 Å². The Labute approximate surface area is 181 Å². The fourth-order valence-corrected chi connectivity index (χ4v) is 3.75. The molecule has 0 aliphatic carbocycles. The zero-order valence-electron chi connectivity index (χ0n) is 16.4. The highest BCUT2D eigenvalue weighted by Crippen LogP contribution is 2.26. The number of carbonyl (C=O) groups is 2. The van der Waals surface area contributed by atoms with Crippen molar-refractivity contribution in [3.63, 3.8) is 0 Å². The number of hydrogen-bond acceptors (Lipinski definition) is 5. The van der Waals surface area contributed by atoms with Crippen molar-refractivity contribution in [2.24, 2.45) is 0 Å². The summed E-state index contributed by atoms with van der Waals surface area (Å²) in [6, 6.07) is 12.4. The van der Waals surface area contributed by atoms with Gasteiger partial charge in [0.05, 0.1) is 11.6 Å². The van der Waals surface area contributed by atoms with E-state index in [-0.39, 0.29) is 25.1 Å². The Hall–Kier alpha value is -2.38. The number of anilines is 2. The Morgan fingerprint density at radius 1 is 1.24 bits per heavy atom. The number of hydrogen-bond donors (Lipinski definition) is 2. The molecule has 1 saturated heterocycles. The fraction of sp³-hybridized carbons (Fsp3) is 0.333. The van der Waals surface area contributed by atoms with Crippen LogP contribution in [0.25, 0.3) is 0 Å². The molecule has 3 rings (SSSR count). The molecule has 1 heterocycles. The van der Waals surface area contributed by atoms with Crippen molar-refractivity contribution >= 4 is 47.6 Å².